The third kappa shape index (κ3) is 3.94. The van der Waals surface area contributed by atoms with E-state index in [1.807, 2.05) is 0 Å². The van der Waals surface area contributed by atoms with Gasteiger partial charge in [0.2, 0.25) is 0 Å². The largest absolute Gasteiger partial charge is 0.399 e. The summed E-state index contributed by atoms with van der Waals surface area (Å²) in [5.74, 6) is -0.365. The van der Waals surface area contributed by atoms with Gasteiger partial charge in [0.1, 0.15) is 0 Å². The molecule has 0 aliphatic rings. The Morgan fingerprint density at radius 2 is 2.00 bits per heavy atom. The average Bonchev–Trinajstić information content (AvgIpc) is 2.28. The van der Waals surface area contributed by atoms with Crippen molar-refractivity contribution in [1.29, 1.82) is 0 Å². The van der Waals surface area contributed by atoms with Crippen molar-refractivity contribution in [3.8, 4) is 0 Å². The summed E-state index contributed by atoms with van der Waals surface area (Å²) in [6.07, 6.45) is 1.15. The summed E-state index contributed by atoms with van der Waals surface area (Å²) in [4.78, 5) is 12.0. The van der Waals surface area contributed by atoms with Crippen LogP contribution in [0, 0.1) is 0 Å². The molecule has 0 saturated heterocycles. The van der Waals surface area contributed by atoms with Gasteiger partial charge >= 0.3 is 0 Å². The van der Waals surface area contributed by atoms with Crippen LogP contribution in [0.1, 0.15) is 24.2 Å². The minimum absolute atomic E-state index is 0.0336. The van der Waals surface area contributed by atoms with Gasteiger partial charge in [-0.25, -0.2) is 8.42 Å². The highest BCUT2D eigenvalue weighted by Crippen LogP contribution is 2.20. The van der Waals surface area contributed by atoms with Gasteiger partial charge in [-0.15, -0.1) is 0 Å². The Morgan fingerprint density at radius 3 is 2.53 bits per heavy atom. The Balaban J connectivity index is 2.85. The van der Waals surface area contributed by atoms with E-state index in [1.54, 1.807) is 26.0 Å². The second kappa shape index (κ2) is 5.50. The molecule has 0 spiro atoms. The van der Waals surface area contributed by atoms with Crippen LogP contribution >= 0.6 is 15.9 Å². The summed E-state index contributed by atoms with van der Waals surface area (Å²) in [6.45, 7) is 3.17. The summed E-state index contributed by atoms with van der Waals surface area (Å²) < 4.78 is 22.7. The number of nitrogens with one attached hydrogen (secondary N) is 1. The molecule has 0 atom stereocenters. The number of nitrogen functional groups attached to an aromatic ring is 1. The van der Waals surface area contributed by atoms with Crippen LogP contribution in [-0.4, -0.2) is 31.9 Å². The van der Waals surface area contributed by atoms with Gasteiger partial charge in [0.05, 0.1) is 10.3 Å². The molecule has 0 aliphatic heterocycles. The van der Waals surface area contributed by atoms with E-state index in [4.69, 9.17) is 5.73 Å². The van der Waals surface area contributed by atoms with E-state index in [0.29, 0.717) is 15.7 Å². The van der Waals surface area contributed by atoms with Gasteiger partial charge in [0, 0.05) is 23.0 Å². The molecule has 5 nitrogen and oxygen atoms in total. The molecule has 0 aliphatic carbocycles. The second-order valence-electron chi connectivity index (χ2n) is 4.95. The van der Waals surface area contributed by atoms with Crippen molar-refractivity contribution in [3.63, 3.8) is 0 Å². The summed E-state index contributed by atoms with van der Waals surface area (Å²) in [6, 6.07) is 4.88. The Bertz CT molecular complexity index is 597. The Morgan fingerprint density at radius 1 is 1.42 bits per heavy atom. The fraction of sp³-hybridized carbons (Fsp3) is 0.417. The number of rotatable bonds is 4. The van der Waals surface area contributed by atoms with Crippen molar-refractivity contribution in [1.82, 2.24) is 5.32 Å². The van der Waals surface area contributed by atoms with Crippen molar-refractivity contribution < 1.29 is 13.2 Å². The molecule has 1 rings (SSSR count). The number of hydrogen-bond donors (Lipinski definition) is 2. The molecule has 0 unspecified atom stereocenters. The van der Waals surface area contributed by atoms with Crippen LogP contribution in [0.4, 0.5) is 5.69 Å². The van der Waals surface area contributed by atoms with Gasteiger partial charge in [0.25, 0.3) is 5.91 Å². The van der Waals surface area contributed by atoms with E-state index in [-0.39, 0.29) is 12.5 Å². The predicted molar refractivity (Wildman–Crippen MR) is 79.8 cm³/mol. The molecule has 1 aromatic rings. The molecular weight excluding hydrogens is 332 g/mol. The second-order valence-corrected chi connectivity index (χ2v) is 8.46. The maximum absolute atomic E-state index is 12.0. The Labute approximate surface area is 121 Å². The molecule has 1 aromatic carbocycles. The van der Waals surface area contributed by atoms with Gasteiger partial charge in [-0.1, -0.05) is 0 Å². The minimum Gasteiger partial charge on any atom is -0.399 e. The van der Waals surface area contributed by atoms with Crippen molar-refractivity contribution in [2.24, 2.45) is 0 Å². The molecule has 0 heterocycles. The molecular formula is C12H17BrN2O3S. The fourth-order valence-electron chi connectivity index (χ4n) is 1.24. The van der Waals surface area contributed by atoms with Crippen molar-refractivity contribution in [2.75, 3.05) is 18.5 Å². The van der Waals surface area contributed by atoms with Crippen molar-refractivity contribution >= 4 is 37.4 Å². The van der Waals surface area contributed by atoms with E-state index in [1.165, 1.54) is 6.07 Å². The van der Waals surface area contributed by atoms with E-state index in [2.05, 4.69) is 21.2 Å². The van der Waals surface area contributed by atoms with Crippen molar-refractivity contribution in [2.45, 2.75) is 18.6 Å². The van der Waals surface area contributed by atoms with Gasteiger partial charge in [-0.3, -0.25) is 4.79 Å². The molecule has 3 N–H and O–H groups in total. The molecule has 0 radical (unpaired) electrons. The number of anilines is 1. The number of hydrogen-bond acceptors (Lipinski definition) is 4. The number of halogens is 1. The van der Waals surface area contributed by atoms with E-state index >= 15 is 0 Å². The molecule has 0 aromatic heterocycles. The number of carbonyl (C=O) groups is 1. The highest BCUT2D eigenvalue weighted by molar-refractivity contribution is 9.10. The SMILES string of the molecule is CC(C)(CNC(=O)c1cc(N)ccc1Br)S(C)(=O)=O. The summed E-state index contributed by atoms with van der Waals surface area (Å²) in [7, 11) is -3.25. The predicted octanol–water partition coefficient (Wildman–Crippen LogP) is 1.58. The Hall–Kier alpha value is -1.08. The van der Waals surface area contributed by atoms with E-state index < -0.39 is 14.6 Å². The van der Waals surface area contributed by atoms with E-state index in [9.17, 15) is 13.2 Å². The van der Waals surface area contributed by atoms with E-state index in [0.717, 1.165) is 6.26 Å². The highest BCUT2D eigenvalue weighted by Gasteiger charge is 2.30. The molecule has 106 valence electrons. The van der Waals surface area contributed by atoms with Crippen LogP contribution < -0.4 is 11.1 Å². The Kier molecular flexibility index (Phi) is 4.63. The minimum atomic E-state index is -3.25. The lowest BCUT2D eigenvalue weighted by atomic mass is 10.1. The molecule has 7 heteroatoms. The number of carbonyl (C=O) groups excluding carboxylic acids is 1. The lowest BCUT2D eigenvalue weighted by molar-refractivity contribution is 0.0950. The summed E-state index contributed by atoms with van der Waals surface area (Å²) in [5.41, 5.74) is 6.47. The molecule has 0 fully saturated rings. The highest BCUT2D eigenvalue weighted by atomic mass is 79.9. The number of nitrogens with two attached hydrogens (primary N) is 1. The maximum Gasteiger partial charge on any atom is 0.252 e. The van der Waals surface area contributed by atoms with Crippen LogP contribution in [0.2, 0.25) is 0 Å². The van der Waals surface area contributed by atoms with Gasteiger partial charge in [0.15, 0.2) is 9.84 Å². The van der Waals surface area contributed by atoms with Crippen molar-refractivity contribution in [3.05, 3.63) is 28.2 Å². The standard InChI is InChI=1S/C12H17BrN2O3S/c1-12(2,19(3,17)18)7-15-11(16)9-6-8(14)4-5-10(9)13/h4-6H,7,14H2,1-3H3,(H,15,16). The average molecular weight is 349 g/mol. The zero-order valence-electron chi connectivity index (χ0n) is 11.0. The summed E-state index contributed by atoms with van der Waals surface area (Å²) >= 11 is 3.26. The van der Waals surface area contributed by atoms with Crippen LogP contribution in [0.15, 0.2) is 22.7 Å². The van der Waals surface area contributed by atoms with Crippen LogP contribution in [0.25, 0.3) is 0 Å². The third-order valence-electron chi connectivity index (χ3n) is 2.91. The van der Waals surface area contributed by atoms with Crippen LogP contribution in [-0.2, 0) is 9.84 Å². The van der Waals surface area contributed by atoms with Gasteiger partial charge in [-0.2, -0.15) is 0 Å². The number of benzene rings is 1. The quantitative estimate of drug-likeness (QED) is 0.808. The topological polar surface area (TPSA) is 89.3 Å². The first kappa shape index (κ1) is 16.0. The zero-order chi connectivity index (χ0) is 14.8. The fourth-order valence-corrected chi connectivity index (χ4v) is 2.00. The van der Waals surface area contributed by atoms with Gasteiger partial charge < -0.3 is 11.1 Å². The first-order chi connectivity index (χ1) is 8.54. The zero-order valence-corrected chi connectivity index (χ0v) is 13.4. The molecule has 0 saturated carbocycles. The first-order valence-electron chi connectivity index (χ1n) is 5.57. The molecule has 0 bridgehead atoms. The van der Waals surface area contributed by atoms with Gasteiger partial charge in [-0.05, 0) is 48.0 Å². The first-order valence-corrected chi connectivity index (χ1v) is 8.26. The monoisotopic (exact) mass is 348 g/mol. The lowest BCUT2D eigenvalue weighted by Gasteiger charge is -2.22. The number of sulfone groups is 1. The normalized spacial score (nSPS) is 12.2. The molecule has 1 amide bonds. The smallest absolute Gasteiger partial charge is 0.252 e. The van der Waals surface area contributed by atoms with Crippen LogP contribution in [0.3, 0.4) is 0 Å². The third-order valence-corrected chi connectivity index (χ3v) is 5.76. The maximum atomic E-state index is 12.0. The number of amides is 1. The van der Waals surface area contributed by atoms with Crippen LogP contribution in [0.5, 0.6) is 0 Å². The molecule has 19 heavy (non-hydrogen) atoms. The summed E-state index contributed by atoms with van der Waals surface area (Å²) in [5, 5.41) is 2.61. The lowest BCUT2D eigenvalue weighted by Crippen LogP contribution is -2.43.